The minimum atomic E-state index is 0.793. The maximum Gasteiger partial charge on any atom is 0.0452 e. The lowest BCUT2D eigenvalue weighted by molar-refractivity contribution is 0.320. The SMILES string of the molecule is CC1CCN(Cc2cc(N)ccc2Cl)C1. The van der Waals surface area contributed by atoms with E-state index in [1.807, 2.05) is 18.2 Å². The molecule has 0 aliphatic carbocycles. The van der Waals surface area contributed by atoms with Crippen LogP contribution in [0.3, 0.4) is 0 Å². The van der Waals surface area contributed by atoms with Crippen molar-refractivity contribution in [3.8, 4) is 0 Å². The van der Waals surface area contributed by atoms with Crippen molar-refractivity contribution < 1.29 is 0 Å². The predicted octanol–water partition coefficient (Wildman–Crippen LogP) is 2.76. The van der Waals surface area contributed by atoms with Gasteiger partial charge in [0, 0.05) is 23.8 Å². The summed E-state index contributed by atoms with van der Waals surface area (Å²) in [6.45, 7) is 5.56. The predicted molar refractivity (Wildman–Crippen MR) is 64.9 cm³/mol. The topological polar surface area (TPSA) is 29.3 Å². The molecule has 1 unspecified atom stereocenters. The summed E-state index contributed by atoms with van der Waals surface area (Å²) in [6.07, 6.45) is 1.29. The molecule has 1 atom stereocenters. The molecule has 2 N–H and O–H groups in total. The number of nitrogen functional groups attached to an aromatic ring is 1. The van der Waals surface area contributed by atoms with Gasteiger partial charge in [0.25, 0.3) is 0 Å². The molecule has 1 heterocycles. The van der Waals surface area contributed by atoms with E-state index in [-0.39, 0.29) is 0 Å². The van der Waals surface area contributed by atoms with Crippen LogP contribution in [0.5, 0.6) is 0 Å². The Hall–Kier alpha value is -0.730. The summed E-state index contributed by atoms with van der Waals surface area (Å²) in [5.74, 6) is 0.810. The Labute approximate surface area is 96.0 Å². The number of halogens is 1. The number of nitrogens with two attached hydrogens (primary N) is 1. The molecule has 0 bridgehead atoms. The number of nitrogens with zero attached hydrogens (tertiary/aromatic N) is 1. The fourth-order valence-corrected chi connectivity index (χ4v) is 2.30. The molecule has 1 saturated heterocycles. The molecule has 0 spiro atoms. The molecule has 0 aromatic heterocycles. The molecule has 0 radical (unpaired) electrons. The van der Waals surface area contributed by atoms with Crippen LogP contribution in [-0.4, -0.2) is 18.0 Å². The van der Waals surface area contributed by atoms with Crippen molar-refractivity contribution in [2.24, 2.45) is 5.92 Å². The van der Waals surface area contributed by atoms with Crippen molar-refractivity contribution in [2.45, 2.75) is 19.9 Å². The second-order valence-electron chi connectivity index (χ2n) is 4.48. The number of rotatable bonds is 2. The van der Waals surface area contributed by atoms with Gasteiger partial charge in [-0.2, -0.15) is 0 Å². The normalized spacial score (nSPS) is 22.1. The Bertz CT molecular complexity index is 351. The lowest BCUT2D eigenvalue weighted by atomic mass is 10.2. The summed E-state index contributed by atoms with van der Waals surface area (Å²) >= 11 is 6.13. The van der Waals surface area contributed by atoms with Crippen molar-refractivity contribution in [1.82, 2.24) is 4.90 Å². The molecule has 1 aliphatic heterocycles. The fourth-order valence-electron chi connectivity index (χ4n) is 2.13. The first kappa shape index (κ1) is 10.8. The minimum Gasteiger partial charge on any atom is -0.399 e. The monoisotopic (exact) mass is 224 g/mol. The van der Waals surface area contributed by atoms with E-state index in [0.29, 0.717) is 0 Å². The van der Waals surface area contributed by atoms with Crippen LogP contribution in [0.1, 0.15) is 18.9 Å². The quantitative estimate of drug-likeness (QED) is 0.783. The molecule has 82 valence electrons. The zero-order valence-electron chi connectivity index (χ0n) is 9.04. The average molecular weight is 225 g/mol. The molecular formula is C12H17ClN2. The van der Waals surface area contributed by atoms with Gasteiger partial charge < -0.3 is 5.73 Å². The summed E-state index contributed by atoms with van der Waals surface area (Å²) in [6, 6.07) is 5.70. The third kappa shape index (κ3) is 2.64. The fraction of sp³-hybridized carbons (Fsp3) is 0.500. The van der Waals surface area contributed by atoms with E-state index >= 15 is 0 Å². The Kier molecular flexibility index (Phi) is 3.17. The van der Waals surface area contributed by atoms with Gasteiger partial charge in [-0.15, -0.1) is 0 Å². The number of hydrogen-bond donors (Lipinski definition) is 1. The van der Waals surface area contributed by atoms with Crippen LogP contribution in [0, 0.1) is 5.92 Å². The lowest BCUT2D eigenvalue weighted by Crippen LogP contribution is -2.19. The van der Waals surface area contributed by atoms with Gasteiger partial charge in [0.05, 0.1) is 0 Å². The van der Waals surface area contributed by atoms with Crippen LogP contribution >= 0.6 is 11.6 Å². The summed E-state index contributed by atoms with van der Waals surface area (Å²) < 4.78 is 0. The van der Waals surface area contributed by atoms with Crippen molar-refractivity contribution in [2.75, 3.05) is 18.8 Å². The van der Waals surface area contributed by atoms with Gasteiger partial charge in [0.2, 0.25) is 0 Å². The van der Waals surface area contributed by atoms with Crippen molar-refractivity contribution in [3.05, 3.63) is 28.8 Å². The minimum absolute atomic E-state index is 0.793. The Balaban J connectivity index is 2.07. The maximum atomic E-state index is 6.13. The highest BCUT2D eigenvalue weighted by Gasteiger charge is 2.19. The first-order chi connectivity index (χ1) is 7.15. The smallest absolute Gasteiger partial charge is 0.0452 e. The van der Waals surface area contributed by atoms with Gasteiger partial charge in [0.1, 0.15) is 0 Å². The highest BCUT2D eigenvalue weighted by Crippen LogP contribution is 2.23. The highest BCUT2D eigenvalue weighted by atomic mass is 35.5. The van der Waals surface area contributed by atoms with Crippen molar-refractivity contribution >= 4 is 17.3 Å². The highest BCUT2D eigenvalue weighted by molar-refractivity contribution is 6.31. The molecule has 1 aromatic carbocycles. The zero-order valence-corrected chi connectivity index (χ0v) is 9.80. The van der Waals surface area contributed by atoms with Gasteiger partial charge in [-0.05, 0) is 42.6 Å². The van der Waals surface area contributed by atoms with E-state index in [1.165, 1.54) is 19.5 Å². The summed E-state index contributed by atoms with van der Waals surface area (Å²) in [5.41, 5.74) is 7.69. The standard InChI is InChI=1S/C12H17ClN2/c1-9-4-5-15(7-9)8-10-6-11(14)2-3-12(10)13/h2-3,6,9H,4-5,7-8,14H2,1H3. The second kappa shape index (κ2) is 4.42. The molecule has 2 nitrogen and oxygen atoms in total. The van der Waals surface area contributed by atoms with Crippen LogP contribution in [0.15, 0.2) is 18.2 Å². The van der Waals surface area contributed by atoms with E-state index in [4.69, 9.17) is 17.3 Å². The van der Waals surface area contributed by atoms with E-state index in [1.54, 1.807) is 0 Å². The van der Waals surface area contributed by atoms with E-state index in [9.17, 15) is 0 Å². The first-order valence-electron chi connectivity index (χ1n) is 5.41. The Morgan fingerprint density at radius 3 is 3.00 bits per heavy atom. The van der Waals surface area contributed by atoms with Crippen molar-refractivity contribution in [1.29, 1.82) is 0 Å². The first-order valence-corrected chi connectivity index (χ1v) is 5.79. The Morgan fingerprint density at radius 2 is 2.33 bits per heavy atom. The Morgan fingerprint density at radius 1 is 1.53 bits per heavy atom. The molecule has 1 fully saturated rings. The molecular weight excluding hydrogens is 208 g/mol. The van der Waals surface area contributed by atoms with Gasteiger partial charge in [0.15, 0.2) is 0 Å². The van der Waals surface area contributed by atoms with Crippen LogP contribution in [-0.2, 0) is 6.54 Å². The van der Waals surface area contributed by atoms with Gasteiger partial charge in [-0.1, -0.05) is 18.5 Å². The summed E-state index contributed by atoms with van der Waals surface area (Å²) in [7, 11) is 0. The third-order valence-electron chi connectivity index (χ3n) is 2.97. The summed E-state index contributed by atoms with van der Waals surface area (Å²) in [4.78, 5) is 2.44. The average Bonchev–Trinajstić information content (AvgIpc) is 2.58. The van der Waals surface area contributed by atoms with Gasteiger partial charge in [-0.25, -0.2) is 0 Å². The van der Waals surface area contributed by atoms with Crippen LogP contribution in [0.25, 0.3) is 0 Å². The molecule has 3 heteroatoms. The van der Waals surface area contributed by atoms with Gasteiger partial charge >= 0.3 is 0 Å². The molecule has 0 saturated carbocycles. The molecule has 1 aromatic rings. The zero-order chi connectivity index (χ0) is 10.8. The number of hydrogen-bond acceptors (Lipinski definition) is 2. The lowest BCUT2D eigenvalue weighted by Gasteiger charge is -2.16. The van der Waals surface area contributed by atoms with E-state index in [2.05, 4.69) is 11.8 Å². The van der Waals surface area contributed by atoms with E-state index < -0.39 is 0 Å². The molecule has 2 rings (SSSR count). The second-order valence-corrected chi connectivity index (χ2v) is 4.89. The van der Waals surface area contributed by atoms with Crippen LogP contribution in [0.4, 0.5) is 5.69 Å². The number of anilines is 1. The molecule has 1 aliphatic rings. The van der Waals surface area contributed by atoms with Crippen LogP contribution < -0.4 is 5.73 Å². The van der Waals surface area contributed by atoms with Crippen LogP contribution in [0.2, 0.25) is 5.02 Å². The summed E-state index contributed by atoms with van der Waals surface area (Å²) in [5, 5.41) is 0.823. The van der Waals surface area contributed by atoms with Crippen molar-refractivity contribution in [3.63, 3.8) is 0 Å². The number of likely N-dealkylation sites (tertiary alicyclic amines) is 1. The molecule has 15 heavy (non-hydrogen) atoms. The third-order valence-corrected chi connectivity index (χ3v) is 3.34. The number of benzene rings is 1. The molecule has 0 amide bonds. The maximum absolute atomic E-state index is 6.13. The van der Waals surface area contributed by atoms with Gasteiger partial charge in [-0.3, -0.25) is 4.90 Å². The van der Waals surface area contributed by atoms with E-state index in [0.717, 1.165) is 28.7 Å². The largest absolute Gasteiger partial charge is 0.399 e.